The fourth-order valence-corrected chi connectivity index (χ4v) is 3.06. The first-order chi connectivity index (χ1) is 8.64. The molecule has 0 aromatic heterocycles. The maximum Gasteiger partial charge on any atom is 0.214 e. The van der Waals surface area contributed by atoms with Crippen LogP contribution in [0.2, 0.25) is 0 Å². The molecule has 2 rings (SSSR count). The third-order valence-electron chi connectivity index (χ3n) is 3.00. The highest BCUT2D eigenvalue weighted by Gasteiger charge is 2.34. The van der Waals surface area contributed by atoms with Crippen molar-refractivity contribution < 1.29 is 21.2 Å². The summed E-state index contributed by atoms with van der Waals surface area (Å²) in [4.78, 5) is 1.72. The minimum Gasteiger partial charge on any atom is -0.314 e. The van der Waals surface area contributed by atoms with Crippen LogP contribution in [-0.4, -0.2) is 71.6 Å². The van der Waals surface area contributed by atoms with Gasteiger partial charge in [-0.1, -0.05) is 0 Å². The molecule has 12 heteroatoms. The minimum atomic E-state index is -3.38. The van der Waals surface area contributed by atoms with Gasteiger partial charge < -0.3 is 5.32 Å². The molecular formula is C8H20ClFN4O4S2. The molecule has 0 bridgehead atoms. The number of nitrogens with zero attached hydrogens (tertiary/aromatic N) is 1. The average molecular weight is 355 g/mol. The van der Waals surface area contributed by atoms with Crippen LogP contribution >= 0.6 is 12.4 Å². The number of nitrogens with two attached hydrogens (primary N) is 2. The highest BCUT2D eigenvalue weighted by atomic mass is 35.5. The van der Waals surface area contributed by atoms with Gasteiger partial charge in [0.05, 0.1) is 5.25 Å². The summed E-state index contributed by atoms with van der Waals surface area (Å²) >= 11 is 0. The molecule has 0 atom stereocenters. The molecule has 122 valence electrons. The van der Waals surface area contributed by atoms with Crippen LogP contribution in [0.3, 0.4) is 0 Å². The monoisotopic (exact) mass is 354 g/mol. The Morgan fingerprint density at radius 1 is 1.05 bits per heavy atom. The van der Waals surface area contributed by atoms with Crippen LogP contribution in [0.15, 0.2) is 0 Å². The summed E-state index contributed by atoms with van der Waals surface area (Å²) < 4.78 is 53.6. The summed E-state index contributed by atoms with van der Waals surface area (Å²) in [5.41, 5.74) is 0. The molecule has 0 radical (unpaired) electrons. The molecule has 2 aliphatic rings. The van der Waals surface area contributed by atoms with Crippen LogP contribution in [0.4, 0.5) is 4.39 Å². The zero-order chi connectivity index (χ0) is 14.7. The zero-order valence-electron chi connectivity index (χ0n) is 10.7. The Kier molecular flexibility index (Phi) is 7.81. The zero-order valence-corrected chi connectivity index (χ0v) is 13.2. The first kappa shape index (κ1) is 20.0. The molecule has 0 unspecified atom stereocenters. The maximum atomic E-state index is 11.7. The molecule has 0 spiro atoms. The molecule has 0 aromatic carbocycles. The molecule has 2 heterocycles. The van der Waals surface area contributed by atoms with Crippen molar-refractivity contribution in [3.05, 3.63) is 0 Å². The maximum absolute atomic E-state index is 11.7. The highest BCUT2D eigenvalue weighted by molar-refractivity contribution is 7.90. The number of hydrogen-bond donors (Lipinski definition) is 3. The van der Waals surface area contributed by atoms with E-state index in [9.17, 15) is 21.2 Å². The molecule has 5 N–H and O–H groups in total. The van der Waals surface area contributed by atoms with Crippen molar-refractivity contribution in [1.82, 2.24) is 10.2 Å². The summed E-state index contributed by atoms with van der Waals surface area (Å²) in [6, 6.07) is 0. The Hall–Kier alpha value is -0.0400. The number of alkyl halides is 1. The average Bonchev–Trinajstić information content (AvgIpc) is 2.03. The van der Waals surface area contributed by atoms with Gasteiger partial charge in [-0.25, -0.2) is 31.5 Å². The Morgan fingerprint density at radius 3 is 1.70 bits per heavy atom. The molecule has 0 amide bonds. The van der Waals surface area contributed by atoms with Crippen LogP contribution in [-0.2, 0) is 20.0 Å². The van der Waals surface area contributed by atoms with E-state index in [1.807, 2.05) is 0 Å². The molecule has 20 heavy (non-hydrogen) atoms. The number of rotatable bonds is 4. The molecule has 8 nitrogen and oxygen atoms in total. The highest BCUT2D eigenvalue weighted by Crippen LogP contribution is 2.12. The second-order valence-corrected chi connectivity index (χ2v) is 8.22. The Balaban J connectivity index is 0.000000359. The quantitative estimate of drug-likeness (QED) is 0.515. The first-order valence-corrected chi connectivity index (χ1v) is 8.88. The van der Waals surface area contributed by atoms with E-state index in [-0.39, 0.29) is 17.7 Å². The summed E-state index contributed by atoms with van der Waals surface area (Å²) in [6.07, 6.45) is 0. The van der Waals surface area contributed by atoms with E-state index in [1.165, 1.54) is 0 Å². The van der Waals surface area contributed by atoms with Crippen LogP contribution in [0, 0.1) is 0 Å². The smallest absolute Gasteiger partial charge is 0.214 e. The standard InChI is InChI=1S/C5H11FN2O2S.C3H8N2O2S.ClH/c6-1-2-8-3-5(4-8)11(7,9)10;4-8(6,7)3-1-5-2-3;/h5H,1-4H2,(H2,7,9,10);3,5H,1-2H2,(H2,4,6,7);1H. The topological polar surface area (TPSA) is 136 Å². The van der Waals surface area contributed by atoms with Gasteiger partial charge in [-0.3, -0.25) is 4.90 Å². The first-order valence-electron chi connectivity index (χ1n) is 5.67. The van der Waals surface area contributed by atoms with Crippen molar-refractivity contribution in [2.75, 3.05) is 39.4 Å². The van der Waals surface area contributed by atoms with E-state index in [2.05, 4.69) is 5.32 Å². The lowest BCUT2D eigenvalue weighted by molar-refractivity contribution is 0.170. The van der Waals surface area contributed by atoms with Crippen LogP contribution in [0.1, 0.15) is 0 Å². The molecule has 0 saturated carbocycles. The summed E-state index contributed by atoms with van der Waals surface area (Å²) in [5, 5.41) is 11.6. The van der Waals surface area contributed by atoms with Gasteiger partial charge in [-0.05, 0) is 0 Å². The predicted molar refractivity (Wildman–Crippen MR) is 76.3 cm³/mol. The summed E-state index contributed by atoms with van der Waals surface area (Å²) in [6.45, 7) is 1.66. The molecular weight excluding hydrogens is 335 g/mol. The van der Waals surface area contributed by atoms with E-state index in [0.717, 1.165) is 0 Å². The number of primary sulfonamides is 2. The second kappa shape index (κ2) is 7.82. The van der Waals surface area contributed by atoms with Gasteiger partial charge in [0.2, 0.25) is 20.0 Å². The fourth-order valence-electron chi connectivity index (χ4n) is 1.53. The lowest BCUT2D eigenvalue weighted by atomic mass is 10.2. The van der Waals surface area contributed by atoms with Gasteiger partial charge in [-0.2, -0.15) is 0 Å². The number of halogens is 2. The van der Waals surface area contributed by atoms with Gasteiger partial charge in [0.15, 0.2) is 0 Å². The summed E-state index contributed by atoms with van der Waals surface area (Å²) in [7, 11) is -6.61. The van der Waals surface area contributed by atoms with Gasteiger partial charge in [0, 0.05) is 32.7 Å². The molecule has 2 fully saturated rings. The predicted octanol–water partition coefficient (Wildman–Crippen LogP) is -2.40. The lowest BCUT2D eigenvalue weighted by Gasteiger charge is -2.36. The van der Waals surface area contributed by atoms with Gasteiger partial charge >= 0.3 is 0 Å². The lowest BCUT2D eigenvalue weighted by Crippen LogP contribution is -2.56. The Labute approximate surface area is 124 Å². The van der Waals surface area contributed by atoms with Crippen molar-refractivity contribution in [3.8, 4) is 0 Å². The Bertz CT molecular complexity index is 491. The molecule has 0 aliphatic carbocycles. The second-order valence-electron chi connectivity index (χ2n) is 4.53. The number of likely N-dealkylation sites (tertiary alicyclic amines) is 1. The molecule has 0 aromatic rings. The van der Waals surface area contributed by atoms with E-state index < -0.39 is 32.0 Å². The van der Waals surface area contributed by atoms with Crippen LogP contribution < -0.4 is 15.6 Å². The summed E-state index contributed by atoms with van der Waals surface area (Å²) in [5.74, 6) is 0. The number of sulfonamides is 2. The van der Waals surface area contributed by atoms with E-state index >= 15 is 0 Å². The minimum absolute atomic E-state index is 0. The largest absolute Gasteiger partial charge is 0.314 e. The van der Waals surface area contributed by atoms with Crippen molar-refractivity contribution in [2.45, 2.75) is 10.5 Å². The SMILES string of the molecule is Cl.NS(=O)(=O)C1CN(CCF)C1.NS(=O)(=O)C1CNC1. The van der Waals surface area contributed by atoms with Crippen molar-refractivity contribution >= 4 is 32.5 Å². The van der Waals surface area contributed by atoms with Gasteiger partial charge in [-0.15, -0.1) is 12.4 Å². The third-order valence-corrected chi connectivity index (χ3v) is 5.49. The van der Waals surface area contributed by atoms with E-state index in [1.54, 1.807) is 4.90 Å². The fraction of sp³-hybridized carbons (Fsp3) is 1.00. The van der Waals surface area contributed by atoms with Crippen molar-refractivity contribution in [1.29, 1.82) is 0 Å². The van der Waals surface area contributed by atoms with E-state index in [4.69, 9.17) is 10.3 Å². The van der Waals surface area contributed by atoms with Crippen LogP contribution in [0.25, 0.3) is 0 Å². The van der Waals surface area contributed by atoms with Crippen LogP contribution in [0.5, 0.6) is 0 Å². The molecule has 2 saturated heterocycles. The third kappa shape index (κ3) is 6.16. The number of hydrogen-bond acceptors (Lipinski definition) is 6. The van der Waals surface area contributed by atoms with Crippen molar-refractivity contribution in [3.63, 3.8) is 0 Å². The normalized spacial score (nSPS) is 20.9. The van der Waals surface area contributed by atoms with Gasteiger partial charge in [0.1, 0.15) is 11.9 Å². The van der Waals surface area contributed by atoms with E-state index in [0.29, 0.717) is 32.7 Å². The Morgan fingerprint density at radius 2 is 1.50 bits per heavy atom. The van der Waals surface area contributed by atoms with Gasteiger partial charge in [0.25, 0.3) is 0 Å². The molecule has 2 aliphatic heterocycles. The van der Waals surface area contributed by atoms with Crippen molar-refractivity contribution in [2.24, 2.45) is 10.3 Å². The number of nitrogens with one attached hydrogen (secondary N) is 1.